The van der Waals surface area contributed by atoms with Crippen LogP contribution in [-0.2, 0) is 17.1 Å². The second-order valence-corrected chi connectivity index (χ2v) is 0. The third kappa shape index (κ3) is 20.1. The molecule has 0 N–H and O–H groups in total. The van der Waals surface area contributed by atoms with E-state index in [1.54, 1.807) is 0 Å². The van der Waals surface area contributed by atoms with Crippen LogP contribution in [0.1, 0.15) is 0 Å². The first kappa shape index (κ1) is 25.1. The molecule has 0 heterocycles. The molecule has 0 aliphatic heterocycles. The van der Waals surface area contributed by atoms with Crippen LogP contribution in [0.5, 0.6) is 0 Å². The van der Waals surface area contributed by atoms with Crippen LogP contribution in [0, 0.1) is 0 Å². The van der Waals surface area contributed by atoms with E-state index < -0.39 is 0 Å². The van der Waals surface area contributed by atoms with E-state index in [2.05, 4.69) is 15.4 Å². The molecule has 0 aliphatic rings. The van der Waals surface area contributed by atoms with Gasteiger partial charge in [-0.15, -0.1) is 0 Å². The summed E-state index contributed by atoms with van der Waals surface area (Å²) in [7, 11) is 1.24. The van der Waals surface area contributed by atoms with Gasteiger partial charge in [-0.2, -0.15) is 0 Å². The van der Waals surface area contributed by atoms with Crippen molar-refractivity contribution in [2.75, 3.05) is 0 Å². The predicted molar refractivity (Wildman–Crippen MR) is 37.0 cm³/mol. The van der Waals surface area contributed by atoms with Crippen LogP contribution in [0.25, 0.3) is 0 Å². The van der Waals surface area contributed by atoms with Crippen LogP contribution in [-0.4, -0.2) is 69.9 Å². The van der Waals surface area contributed by atoms with E-state index in [0.29, 0.717) is 0 Å². The molecule has 0 saturated carbocycles. The van der Waals surface area contributed by atoms with Gasteiger partial charge < -0.3 is 0 Å². The summed E-state index contributed by atoms with van der Waals surface area (Å²) in [6, 6.07) is 0. The molecule has 5 heavy (non-hydrogen) atoms. The van der Waals surface area contributed by atoms with Crippen LogP contribution >= 0.6 is 0 Å². The minimum absolute atomic E-state index is 0. The van der Waals surface area contributed by atoms with Crippen LogP contribution < -0.4 is 0 Å². The minimum atomic E-state index is 0. The predicted octanol–water partition coefficient (Wildman–Crippen LogP) is -4.20. The van der Waals surface area contributed by atoms with Crippen molar-refractivity contribution in [1.82, 2.24) is 0 Å². The van der Waals surface area contributed by atoms with Gasteiger partial charge in [-0.3, -0.25) is 0 Å². The van der Waals surface area contributed by atoms with Crippen molar-refractivity contribution in [3.8, 4) is 0 Å². The van der Waals surface area contributed by atoms with Gasteiger partial charge in [-0.1, -0.05) is 0 Å². The van der Waals surface area contributed by atoms with E-state index in [1.807, 2.05) is 0 Å². The Labute approximate surface area is 85.6 Å². The van der Waals surface area contributed by atoms with E-state index in [-0.39, 0.29) is 62.7 Å². The summed E-state index contributed by atoms with van der Waals surface area (Å²) in [5.41, 5.74) is 0. The summed E-state index contributed by atoms with van der Waals surface area (Å²) in [6.07, 6.45) is 0. The Morgan fingerprint density at radius 1 is 1.20 bits per heavy atom. The van der Waals surface area contributed by atoms with Crippen molar-refractivity contribution in [3.05, 3.63) is 0 Å². The van der Waals surface area contributed by atoms with E-state index >= 15 is 0 Å². The molecule has 1 radical (unpaired) electrons. The van der Waals surface area contributed by atoms with Gasteiger partial charge in [0, 0.05) is 17.1 Å². The third-order valence-corrected chi connectivity index (χ3v) is 0. The van der Waals surface area contributed by atoms with E-state index in [9.17, 15) is 0 Å². The standard InChI is InChI=1S/Cu.Ga.In.H4SeSi.6H/c;;;1-2;;;;;;/h;;;1H,2H3;;;;;;. The fourth-order valence-corrected chi connectivity index (χ4v) is 0. The van der Waals surface area contributed by atoms with Gasteiger partial charge in [-0.25, -0.2) is 0 Å². The Kier molecular flexibility index (Phi) is 148. The normalized spacial score (nSPS) is 1.80. The maximum atomic E-state index is 2.45. The first-order chi connectivity index (χ1) is 1.00. The monoisotopic (exact) mass is 365 g/mol. The van der Waals surface area contributed by atoms with E-state index in [0.717, 1.165) is 0 Å². The van der Waals surface area contributed by atoms with E-state index in [1.165, 1.54) is 8.85 Å². The Hall–Kier alpha value is 2.76. The van der Waals surface area contributed by atoms with Gasteiger partial charge in [0.05, 0.1) is 0 Å². The molecule has 0 aromatic heterocycles. The van der Waals surface area contributed by atoms with Crippen molar-refractivity contribution in [2.24, 2.45) is 0 Å². The zero-order valence-electron chi connectivity index (χ0n) is 1.75. The van der Waals surface area contributed by atoms with Gasteiger partial charge in [0.1, 0.15) is 0 Å². The molecule has 0 spiro atoms. The van der Waals surface area contributed by atoms with Crippen LogP contribution in [0.2, 0.25) is 0 Å². The Bertz CT molecular complexity index is 11.6. The molecule has 0 rings (SSSR count). The van der Waals surface area contributed by atoms with Gasteiger partial charge in [-0.05, 0) is 0 Å². The molecular formula is H10CuGaInSeSi. The summed E-state index contributed by atoms with van der Waals surface area (Å²) >= 11 is 2.45. The zero-order valence-corrected chi connectivity index (χ0v) is 6.57. The van der Waals surface area contributed by atoms with Gasteiger partial charge in [0.2, 0.25) is 0 Å². The quantitative estimate of drug-likeness (QED) is 0.382. The second-order valence-electron chi connectivity index (χ2n) is 0. The first-order valence-corrected chi connectivity index (χ1v) is 6.97. The van der Waals surface area contributed by atoms with Crippen molar-refractivity contribution >= 4 is 69.9 Å². The Balaban J connectivity index is -0.00000000167. The Morgan fingerprint density at radius 3 is 1.20 bits per heavy atom. The molecule has 0 nitrogen and oxygen atoms in total. The molecule has 0 bridgehead atoms. The van der Waals surface area contributed by atoms with Crippen molar-refractivity contribution < 1.29 is 17.1 Å². The zero-order chi connectivity index (χ0) is 2.00. The van der Waals surface area contributed by atoms with E-state index in [4.69, 9.17) is 0 Å². The van der Waals surface area contributed by atoms with Gasteiger partial charge in [0.25, 0.3) is 0 Å². The molecule has 5 heteroatoms. The van der Waals surface area contributed by atoms with Gasteiger partial charge in [0.15, 0.2) is 0 Å². The summed E-state index contributed by atoms with van der Waals surface area (Å²) in [6.45, 7) is 0. The summed E-state index contributed by atoms with van der Waals surface area (Å²) in [5.74, 6) is 0. The van der Waals surface area contributed by atoms with Gasteiger partial charge >= 0.3 is 69.9 Å². The number of hydrogen-bond donors (Lipinski definition) is 0. The first-order valence-electron chi connectivity index (χ1n) is 0.447. The fourth-order valence-electron chi connectivity index (χ4n) is 0. The molecule has 0 amide bonds. The van der Waals surface area contributed by atoms with Crippen molar-refractivity contribution in [3.63, 3.8) is 0 Å². The molecule has 0 aromatic rings. The molecule has 0 unspecified atom stereocenters. The Morgan fingerprint density at radius 2 is 1.20 bits per heavy atom. The summed E-state index contributed by atoms with van der Waals surface area (Å²) < 4.78 is 0. The molecule has 0 atom stereocenters. The topological polar surface area (TPSA) is 0 Å². The molecule has 0 aromatic carbocycles. The molecule has 37 valence electrons. The van der Waals surface area contributed by atoms with Crippen LogP contribution in [0.3, 0.4) is 0 Å². The molecule has 0 saturated heterocycles. The number of hydrogen-bond acceptors (Lipinski definition) is 0. The third-order valence-electron chi connectivity index (χ3n) is 0. The maximum absolute atomic E-state index is 2.45. The molecular weight excluding hydrogens is 355 g/mol. The second kappa shape index (κ2) is 29.4. The SMILES string of the molecule is [Cu].[GaH3].[InH3].[SiH3][SeH]. The van der Waals surface area contributed by atoms with Crippen molar-refractivity contribution in [1.29, 1.82) is 0 Å². The van der Waals surface area contributed by atoms with Crippen molar-refractivity contribution in [2.45, 2.75) is 0 Å². The number of rotatable bonds is 0. The fraction of sp³-hybridized carbons (Fsp3) is 0. The average Bonchev–Trinajstić information content (AvgIpc) is 1.00. The van der Waals surface area contributed by atoms with Crippen LogP contribution in [0.4, 0.5) is 0 Å². The average molecular weight is 365 g/mol. The van der Waals surface area contributed by atoms with Crippen LogP contribution in [0.15, 0.2) is 0 Å². The summed E-state index contributed by atoms with van der Waals surface area (Å²) in [4.78, 5) is 0. The summed E-state index contributed by atoms with van der Waals surface area (Å²) in [5, 5.41) is 0. The molecule has 0 fully saturated rings. The molecule has 0 aliphatic carbocycles.